The minimum atomic E-state index is 0.455. The summed E-state index contributed by atoms with van der Waals surface area (Å²) in [5.74, 6) is 0. The highest BCUT2D eigenvalue weighted by atomic mass is 35.5. The molecule has 1 aliphatic heterocycles. The second-order valence-electron chi connectivity index (χ2n) is 6.71. The number of likely N-dealkylation sites (tertiary alicyclic amines) is 1. The third-order valence-electron chi connectivity index (χ3n) is 4.76. The van der Waals surface area contributed by atoms with Crippen LogP contribution in [0, 0.1) is 13.8 Å². The summed E-state index contributed by atoms with van der Waals surface area (Å²) in [7, 11) is 0. The van der Waals surface area contributed by atoms with Crippen molar-refractivity contribution in [2.45, 2.75) is 32.7 Å². The molecule has 0 radical (unpaired) electrons. The molecule has 0 saturated carbocycles. The van der Waals surface area contributed by atoms with Crippen molar-refractivity contribution in [3.05, 3.63) is 50.7 Å². The summed E-state index contributed by atoms with van der Waals surface area (Å²) >= 11 is 13.7. The smallest absolute Gasteiger partial charge is 0.171 e. The minimum absolute atomic E-state index is 0.455. The first-order chi connectivity index (χ1) is 12.0. The molecule has 134 valence electrons. The third kappa shape index (κ3) is 4.73. The summed E-state index contributed by atoms with van der Waals surface area (Å²) < 4.78 is 0. The number of thiophene rings is 1. The normalized spacial score (nSPS) is 16.0. The molecule has 3 N–H and O–H groups in total. The molecular weight excluding hydrogens is 370 g/mol. The zero-order valence-corrected chi connectivity index (χ0v) is 17.1. The van der Waals surface area contributed by atoms with Gasteiger partial charge in [0.15, 0.2) is 5.11 Å². The topological polar surface area (TPSA) is 28.5 Å². The Kier molecular flexibility index (Phi) is 6.34. The summed E-state index contributed by atoms with van der Waals surface area (Å²) in [5.41, 5.74) is 3.16. The van der Waals surface area contributed by atoms with Crippen molar-refractivity contribution in [1.82, 2.24) is 5.32 Å². The lowest BCUT2D eigenvalue weighted by molar-refractivity contribution is -0.918. The Labute approximate surface area is 164 Å². The number of hydrogen-bond acceptors (Lipinski definition) is 2. The van der Waals surface area contributed by atoms with E-state index < -0.39 is 0 Å². The van der Waals surface area contributed by atoms with Crippen LogP contribution in [0.25, 0.3) is 0 Å². The van der Waals surface area contributed by atoms with Gasteiger partial charge in [0.1, 0.15) is 6.04 Å². The molecule has 1 fully saturated rings. The summed E-state index contributed by atoms with van der Waals surface area (Å²) in [6.07, 6.45) is 2.64. The van der Waals surface area contributed by atoms with Gasteiger partial charge in [-0.3, -0.25) is 0 Å². The van der Waals surface area contributed by atoms with Gasteiger partial charge in [-0.05, 0) is 54.7 Å². The van der Waals surface area contributed by atoms with E-state index in [1.165, 1.54) is 30.8 Å². The Bertz CT molecular complexity index is 701. The van der Waals surface area contributed by atoms with Crippen LogP contribution in [0.5, 0.6) is 0 Å². The van der Waals surface area contributed by atoms with Crippen molar-refractivity contribution in [2.24, 2.45) is 0 Å². The number of thiocarbonyl (C=S) groups is 1. The maximum absolute atomic E-state index is 6.37. The van der Waals surface area contributed by atoms with Crippen molar-refractivity contribution in [3.8, 4) is 0 Å². The van der Waals surface area contributed by atoms with E-state index >= 15 is 0 Å². The van der Waals surface area contributed by atoms with Crippen LogP contribution >= 0.6 is 35.2 Å². The molecule has 2 aromatic rings. The largest absolute Gasteiger partial charge is 0.356 e. The van der Waals surface area contributed by atoms with E-state index in [1.807, 2.05) is 31.3 Å². The molecule has 0 spiro atoms. The molecule has 6 heteroatoms. The lowest BCUT2D eigenvalue weighted by Crippen LogP contribution is -3.11. The number of quaternary nitrogens is 1. The van der Waals surface area contributed by atoms with Gasteiger partial charge in [-0.2, -0.15) is 0 Å². The summed E-state index contributed by atoms with van der Waals surface area (Å²) in [6.45, 7) is 7.42. The Morgan fingerprint density at radius 1 is 1.32 bits per heavy atom. The first kappa shape index (κ1) is 18.6. The van der Waals surface area contributed by atoms with Crippen LogP contribution in [-0.4, -0.2) is 24.7 Å². The first-order valence-corrected chi connectivity index (χ1v) is 10.4. The summed E-state index contributed by atoms with van der Waals surface area (Å²) in [4.78, 5) is 3.08. The molecule has 1 aliphatic rings. The predicted octanol–water partition coefficient (Wildman–Crippen LogP) is 3.72. The highest BCUT2D eigenvalue weighted by Crippen LogP contribution is 2.27. The average molecular weight is 395 g/mol. The number of anilines is 1. The molecule has 0 bridgehead atoms. The maximum Gasteiger partial charge on any atom is 0.171 e. The van der Waals surface area contributed by atoms with E-state index in [0.29, 0.717) is 16.2 Å². The molecule has 0 unspecified atom stereocenters. The van der Waals surface area contributed by atoms with Gasteiger partial charge in [0.05, 0.1) is 35.2 Å². The Morgan fingerprint density at radius 3 is 2.72 bits per heavy atom. The van der Waals surface area contributed by atoms with Gasteiger partial charge in [-0.15, -0.1) is 11.3 Å². The van der Waals surface area contributed by atoms with E-state index in [-0.39, 0.29) is 0 Å². The molecule has 3 nitrogen and oxygen atoms in total. The van der Waals surface area contributed by atoms with Crippen LogP contribution < -0.4 is 15.5 Å². The van der Waals surface area contributed by atoms with Crippen LogP contribution in [0.2, 0.25) is 5.02 Å². The minimum Gasteiger partial charge on any atom is -0.356 e. The van der Waals surface area contributed by atoms with Crippen molar-refractivity contribution in [1.29, 1.82) is 0 Å². The van der Waals surface area contributed by atoms with Gasteiger partial charge in [0, 0.05) is 12.8 Å². The van der Waals surface area contributed by atoms with Crippen molar-refractivity contribution in [2.75, 3.05) is 25.0 Å². The van der Waals surface area contributed by atoms with Crippen molar-refractivity contribution >= 4 is 46.0 Å². The zero-order chi connectivity index (χ0) is 17.8. The first-order valence-electron chi connectivity index (χ1n) is 8.74. The lowest BCUT2D eigenvalue weighted by atomic mass is 10.1. The zero-order valence-electron chi connectivity index (χ0n) is 14.7. The predicted molar refractivity (Wildman–Crippen MR) is 112 cm³/mol. The van der Waals surface area contributed by atoms with Crippen molar-refractivity contribution < 1.29 is 4.90 Å². The van der Waals surface area contributed by atoms with E-state index in [0.717, 1.165) is 23.4 Å². The average Bonchev–Trinajstić information content (AvgIpc) is 3.25. The summed E-state index contributed by atoms with van der Waals surface area (Å²) in [6, 6.07) is 8.90. The van der Waals surface area contributed by atoms with Crippen LogP contribution in [0.3, 0.4) is 0 Å². The standard InChI is InChI=1S/C19H24ClN3S2/c1-13-10-14(2)18(15(20)11-13)22-19(24)21-12-16(17-6-5-9-25-17)23-7-3-4-8-23/h5-6,9-11,16H,3-4,7-8,12H2,1-2H3,(H2,21,22,24)/p+1/t16-/m1/s1. The fraction of sp³-hybridized carbons (Fsp3) is 0.421. The van der Waals surface area contributed by atoms with Crippen molar-refractivity contribution in [3.63, 3.8) is 0 Å². The molecule has 3 rings (SSSR count). The van der Waals surface area contributed by atoms with Crippen LogP contribution in [0.4, 0.5) is 5.69 Å². The molecule has 1 saturated heterocycles. The number of nitrogens with one attached hydrogen (secondary N) is 3. The highest BCUT2D eigenvalue weighted by molar-refractivity contribution is 7.80. The van der Waals surface area contributed by atoms with E-state index in [2.05, 4.69) is 34.2 Å². The third-order valence-corrected chi connectivity index (χ3v) is 6.29. The van der Waals surface area contributed by atoms with Gasteiger partial charge in [0.25, 0.3) is 0 Å². The van der Waals surface area contributed by atoms with E-state index in [1.54, 1.807) is 4.90 Å². The van der Waals surface area contributed by atoms with Crippen LogP contribution in [0.1, 0.15) is 34.9 Å². The molecule has 1 atom stereocenters. The maximum atomic E-state index is 6.37. The van der Waals surface area contributed by atoms with Crippen LogP contribution in [0.15, 0.2) is 29.6 Å². The van der Waals surface area contributed by atoms with E-state index in [9.17, 15) is 0 Å². The number of hydrogen-bond donors (Lipinski definition) is 3. The van der Waals surface area contributed by atoms with E-state index in [4.69, 9.17) is 23.8 Å². The second-order valence-corrected chi connectivity index (χ2v) is 8.50. The number of benzene rings is 1. The SMILES string of the molecule is Cc1cc(C)c(NC(=S)NC[C@H](c2cccs2)[NH+]2CCCC2)c(Cl)c1. The van der Waals surface area contributed by atoms with Gasteiger partial charge in [-0.25, -0.2) is 0 Å². The van der Waals surface area contributed by atoms with Gasteiger partial charge < -0.3 is 15.5 Å². The molecule has 2 heterocycles. The molecule has 1 aromatic carbocycles. The molecule has 0 aliphatic carbocycles. The van der Waals surface area contributed by atoms with Gasteiger partial charge in [0.2, 0.25) is 0 Å². The molecule has 25 heavy (non-hydrogen) atoms. The lowest BCUT2D eigenvalue weighted by Gasteiger charge is -2.25. The molecular formula is C19H25ClN3S2+. The highest BCUT2D eigenvalue weighted by Gasteiger charge is 2.28. The number of rotatable bonds is 5. The fourth-order valence-electron chi connectivity index (χ4n) is 3.54. The molecule has 1 aromatic heterocycles. The van der Waals surface area contributed by atoms with Gasteiger partial charge in [-0.1, -0.05) is 23.7 Å². The molecule has 0 amide bonds. The second kappa shape index (κ2) is 8.49. The number of halogens is 1. The Hall–Kier alpha value is -1.14. The van der Waals surface area contributed by atoms with Gasteiger partial charge >= 0.3 is 0 Å². The van der Waals surface area contributed by atoms with Crippen LogP contribution in [-0.2, 0) is 0 Å². The Balaban J connectivity index is 1.64. The fourth-order valence-corrected chi connectivity index (χ4v) is 4.98. The quantitative estimate of drug-likeness (QED) is 0.675. The monoisotopic (exact) mass is 394 g/mol. The summed E-state index contributed by atoms with van der Waals surface area (Å²) in [5, 5.41) is 10.2. The number of aryl methyl sites for hydroxylation is 2. The Morgan fingerprint density at radius 2 is 2.08 bits per heavy atom.